The van der Waals surface area contributed by atoms with Crippen LogP contribution in [0, 0.1) is 113 Å². The van der Waals surface area contributed by atoms with Gasteiger partial charge in [-0.3, -0.25) is 14.4 Å². The molecule has 22 heteroatoms. The molecule has 22 nitrogen and oxygen atoms in total. The van der Waals surface area contributed by atoms with Crippen LogP contribution in [0.1, 0.15) is 222 Å². The van der Waals surface area contributed by atoms with Gasteiger partial charge in [-0.25, -0.2) is 0 Å². The van der Waals surface area contributed by atoms with Crippen LogP contribution in [0.4, 0.5) is 11.9 Å². The largest absolute Gasteiger partial charge is 0.481 e. The number of carboxylic acid groups (broad SMARTS) is 2. The molecule has 10 aliphatic rings. The number of nitrogens with zero attached hydrogens (tertiary/aromatic N) is 7. The van der Waals surface area contributed by atoms with Crippen molar-refractivity contribution in [2.75, 3.05) is 51.1 Å². The molecule has 0 unspecified atom stereocenters. The number of carbonyl (C=O) groups excluding carboxylic acids is 1. The lowest BCUT2D eigenvalue weighted by molar-refractivity contribution is -0.268. The lowest BCUT2D eigenvalue weighted by Gasteiger charge is -2.71. The number of aromatic amines is 1. The number of carbonyl (C=O) groups is 3. The molecule has 536 valence electrons. The second-order valence-electron chi connectivity index (χ2n) is 36.0. The fourth-order valence-corrected chi connectivity index (χ4v) is 23.5. The van der Waals surface area contributed by atoms with Gasteiger partial charge >= 0.3 is 17.9 Å². The summed E-state index contributed by atoms with van der Waals surface area (Å²) in [5, 5.41) is 46.9. The average molecular weight is 1330 g/mol. The van der Waals surface area contributed by atoms with E-state index in [2.05, 4.69) is 145 Å². The summed E-state index contributed by atoms with van der Waals surface area (Å²) in [5.41, 5.74) is 23.0. The molecule has 4 bridgehead atoms. The fourth-order valence-electron chi connectivity index (χ4n) is 23.5. The number of esters is 1. The Morgan fingerprint density at radius 2 is 1.08 bits per heavy atom. The number of nitrogen functional groups attached to an aromatic ring is 2. The number of aliphatic carboxylic acids is 2. The number of rotatable bonds is 14. The maximum absolute atomic E-state index is 13.4. The minimum absolute atomic E-state index is 0. The average Bonchev–Trinajstić information content (AvgIpc) is 0.870. The number of anilines is 2. The van der Waals surface area contributed by atoms with Crippen LogP contribution in [0.2, 0.25) is 0 Å². The Labute approximate surface area is 567 Å². The van der Waals surface area contributed by atoms with Crippen molar-refractivity contribution in [2.24, 2.45) is 125 Å². The van der Waals surface area contributed by atoms with Gasteiger partial charge in [0.25, 0.3) is 11.9 Å². The van der Waals surface area contributed by atoms with Crippen molar-refractivity contribution in [3.05, 3.63) is 23.3 Å². The molecule has 0 amide bonds. The van der Waals surface area contributed by atoms with Crippen LogP contribution >= 0.6 is 0 Å². The summed E-state index contributed by atoms with van der Waals surface area (Å²) in [6.07, 6.45) is 15.0. The first-order chi connectivity index (χ1) is 43.5. The maximum Gasteiger partial charge on any atom is 0.307 e. The van der Waals surface area contributed by atoms with Gasteiger partial charge in [0.2, 0.25) is 0 Å². The number of hydrogen-bond acceptors (Lipinski definition) is 18. The molecule has 95 heavy (non-hydrogen) atoms. The summed E-state index contributed by atoms with van der Waals surface area (Å²) in [5.74, 6) is 0.614. The molecule has 2 aromatic rings. The molecule has 2 aliphatic heterocycles. The zero-order chi connectivity index (χ0) is 69.3. The molecule has 11 N–H and O–H groups in total. The van der Waals surface area contributed by atoms with Gasteiger partial charge in [-0.2, -0.15) is 10.0 Å². The molecule has 0 radical (unpaired) electrons. The third-order valence-corrected chi connectivity index (χ3v) is 28.8. The first-order valence-corrected chi connectivity index (χ1v) is 35.5. The van der Waals surface area contributed by atoms with E-state index in [1.54, 1.807) is 4.80 Å². The molecule has 0 aromatic carbocycles. The molecule has 6 saturated carbocycles. The highest BCUT2D eigenvalue weighted by molar-refractivity contribution is 5.74. The highest BCUT2D eigenvalue weighted by Gasteiger charge is 2.75. The number of carboxylic acids is 2. The number of allylic oxidation sites excluding steroid dienone is 2. The van der Waals surface area contributed by atoms with E-state index in [4.69, 9.17) is 46.6 Å². The van der Waals surface area contributed by atoms with Crippen molar-refractivity contribution in [3.8, 4) is 0 Å². The second-order valence-corrected chi connectivity index (χ2v) is 36.0. The van der Waals surface area contributed by atoms with E-state index in [1.165, 1.54) is 18.1 Å². The predicted molar refractivity (Wildman–Crippen MR) is 365 cm³/mol. The zero-order valence-corrected chi connectivity index (χ0v) is 60.6. The van der Waals surface area contributed by atoms with Gasteiger partial charge in [0.15, 0.2) is 0 Å². The van der Waals surface area contributed by atoms with Crippen LogP contribution < -0.4 is 22.9 Å². The summed E-state index contributed by atoms with van der Waals surface area (Å²) < 4.78 is 32.6. The highest BCUT2D eigenvalue weighted by Crippen LogP contribution is 2.78. The topological polar surface area (TPSA) is 340 Å². The van der Waals surface area contributed by atoms with Crippen molar-refractivity contribution in [2.45, 2.75) is 251 Å². The van der Waals surface area contributed by atoms with Crippen LogP contribution in [0.3, 0.4) is 0 Å². The minimum atomic E-state index is -0.642. The van der Waals surface area contributed by atoms with E-state index in [9.17, 15) is 24.6 Å². The summed E-state index contributed by atoms with van der Waals surface area (Å²) in [6.45, 7) is 44.6. The van der Waals surface area contributed by atoms with Crippen LogP contribution in [-0.2, 0) is 38.1 Å². The van der Waals surface area contributed by atoms with Crippen molar-refractivity contribution in [1.82, 2.24) is 40.8 Å². The van der Waals surface area contributed by atoms with Crippen molar-refractivity contribution in [3.63, 3.8) is 0 Å². The van der Waals surface area contributed by atoms with Gasteiger partial charge in [-0.05, 0) is 195 Å². The van der Waals surface area contributed by atoms with Gasteiger partial charge in [0.05, 0.1) is 57.6 Å². The summed E-state index contributed by atoms with van der Waals surface area (Å²) in [4.78, 5) is 40.8. The Morgan fingerprint density at radius 3 is 1.45 bits per heavy atom. The third kappa shape index (κ3) is 11.9. The number of tetrazole rings is 2. The monoisotopic (exact) mass is 1330 g/mol. The van der Waals surface area contributed by atoms with Crippen molar-refractivity contribution < 1.29 is 48.3 Å². The van der Waals surface area contributed by atoms with E-state index < -0.39 is 34.9 Å². The molecule has 0 spiro atoms. The molecule has 2 saturated heterocycles. The molecule has 2 aromatic heterocycles. The summed E-state index contributed by atoms with van der Waals surface area (Å²) in [7, 11) is 0. The van der Waals surface area contributed by atoms with Gasteiger partial charge in [0, 0.05) is 39.7 Å². The smallest absolute Gasteiger partial charge is 0.307 e. The zero-order valence-electron chi connectivity index (χ0n) is 60.6. The number of H-pyrrole nitrogens is 1. The predicted octanol–water partition coefficient (Wildman–Crippen LogP) is 11.6. The molecular formula is C73H124N12O10. The van der Waals surface area contributed by atoms with Gasteiger partial charge in [-0.1, -0.05) is 138 Å². The number of aromatic nitrogens is 8. The first-order valence-electron chi connectivity index (χ1n) is 35.5. The molecule has 4 heterocycles. The Kier molecular flexibility index (Phi) is 20.1. The van der Waals surface area contributed by atoms with Crippen molar-refractivity contribution in [1.29, 1.82) is 0 Å². The molecule has 12 rings (SSSR count). The first kappa shape index (κ1) is 74.6. The SMILES string of the molecule is C.CC(=O)O[C@@H]1C[C@@]23COC[C@](C)([C@@H]2CC[C@H]2C3=CC[C@@]3(C)[C@H](C(=O)O)[C@@](C)([C@H](C)C(C)C)CC[C@]23C)[C@H]1OCC(C)(C)N.CC(C)[C@@H](C)[C@@]1(C)CC[C@]2(C)[C@H]3CC[C@@H]4[C@@]5(COC[C@@]4(C)[C@@H](OCC(C)(C)N)[C@H](n4nnc(N)n4)C5)C3=CC[C@@]2(C)[C@@H]1C(=O)O.Nc1nn[nH]n1. The third-order valence-electron chi connectivity index (χ3n) is 28.8. The van der Waals surface area contributed by atoms with Gasteiger partial charge in [-0.15, -0.1) is 10.2 Å². The highest BCUT2D eigenvalue weighted by atomic mass is 16.6. The standard InChI is InChI=1S/C36H59NO6.C35H58N6O4.CH3N5.CH4/c1-21(2)22(3)32(7)15-16-34(9)24-11-12-27-33(8)19-41-20-36(27,25(24)13-14-35(34,10)28(32)30(39)40)17-26(43-23(4)38)29(33)42-18-31(5,6)37;1-20(2)21(3)31(6)14-15-33(8)22-10-11-25-32(7)18-44-19-35(25,23(22)12-13-34(33,9)26(31)28(42)43)16-24(41-39-29(36)38-40-41)27(32)45-17-30(4,5)37;2-1-3-5-6-4-1;/h13,21-22,24,26-29H,11-12,14-20,37H2,1-10H3,(H,39,40);12,20-22,24-27H,10-11,13-19,37H2,1-9H3,(H2,36,39)(H,42,43);(H3,2,3,4,5,6);1H4/t22-,24+,26-,27+,28-,29+,32-,33-,34-,35+,36+;21-,22+,24-,25+,26-,27+,31-,32-,33-,34+,35+;;/m11../s1. The maximum atomic E-state index is 13.4. The minimum Gasteiger partial charge on any atom is -0.481 e. The van der Waals surface area contributed by atoms with Crippen LogP contribution in [0.5, 0.6) is 0 Å². The van der Waals surface area contributed by atoms with Crippen LogP contribution in [-0.4, -0.2) is 138 Å². The lowest BCUT2D eigenvalue weighted by atomic mass is 9.34. The van der Waals surface area contributed by atoms with E-state index in [-0.39, 0.29) is 116 Å². The van der Waals surface area contributed by atoms with E-state index in [0.717, 1.165) is 70.6 Å². The van der Waals surface area contributed by atoms with Gasteiger partial charge in [0.1, 0.15) is 18.2 Å². The number of ether oxygens (including phenoxy) is 5. The lowest BCUT2D eigenvalue weighted by Crippen LogP contribution is -2.70. The Bertz CT molecular complexity index is 3180. The number of hydrogen-bond donors (Lipinski definition) is 7. The Balaban J connectivity index is 0.000000203. The van der Waals surface area contributed by atoms with Crippen LogP contribution in [0.25, 0.3) is 0 Å². The van der Waals surface area contributed by atoms with Crippen molar-refractivity contribution >= 4 is 29.8 Å². The number of fused-ring (bicyclic) bond motifs is 6. The molecule has 8 fully saturated rings. The molecule has 8 aliphatic carbocycles. The number of nitrogens with one attached hydrogen (secondary N) is 1. The van der Waals surface area contributed by atoms with E-state index in [1.807, 2.05) is 27.7 Å². The normalized spacial score (nSPS) is 43.1. The Morgan fingerprint density at radius 1 is 0.642 bits per heavy atom. The second kappa shape index (κ2) is 25.5. The summed E-state index contributed by atoms with van der Waals surface area (Å²) >= 11 is 0. The quantitative estimate of drug-likeness (QED) is 0.0682. The van der Waals surface area contributed by atoms with E-state index >= 15 is 0 Å². The van der Waals surface area contributed by atoms with E-state index in [0.29, 0.717) is 81.6 Å². The Hall–Kier alpha value is -4.61. The van der Waals surface area contributed by atoms with Crippen LogP contribution in [0.15, 0.2) is 23.3 Å². The number of nitrogens with two attached hydrogens (primary N) is 4. The van der Waals surface area contributed by atoms with Gasteiger partial charge < -0.3 is 56.8 Å². The molecule has 22 atom stereocenters. The summed E-state index contributed by atoms with van der Waals surface area (Å²) in [6, 6.07) is -0.184. The fraction of sp³-hybridized carbons (Fsp3) is 0.877. The molecular weight excluding hydrogens is 1200 g/mol.